The number of hydrogen-bond donors (Lipinski definition) is 1. The van der Waals surface area contributed by atoms with Crippen LogP contribution in [0.5, 0.6) is 5.75 Å². The van der Waals surface area contributed by atoms with Crippen molar-refractivity contribution >= 4 is 21.6 Å². The summed E-state index contributed by atoms with van der Waals surface area (Å²) >= 11 is 3.47. The second-order valence-corrected chi connectivity index (χ2v) is 5.69. The predicted molar refractivity (Wildman–Crippen MR) is 81.9 cm³/mol. The number of anilines is 1. The van der Waals surface area contributed by atoms with E-state index >= 15 is 0 Å². The number of fused-ring (bicyclic) bond motifs is 1. The lowest BCUT2D eigenvalue weighted by molar-refractivity contribution is 0.246. The van der Waals surface area contributed by atoms with Crippen LogP contribution in [-0.4, -0.2) is 12.6 Å². The van der Waals surface area contributed by atoms with Crippen molar-refractivity contribution in [3.05, 3.63) is 58.1 Å². The molecule has 1 heterocycles. The van der Waals surface area contributed by atoms with Gasteiger partial charge in [-0.2, -0.15) is 5.26 Å². The molecule has 3 nitrogen and oxygen atoms in total. The Labute approximate surface area is 126 Å². The summed E-state index contributed by atoms with van der Waals surface area (Å²) < 4.78 is 6.97. The summed E-state index contributed by atoms with van der Waals surface area (Å²) in [5.41, 5.74) is 2.84. The van der Waals surface area contributed by atoms with Gasteiger partial charge in [-0.1, -0.05) is 22.0 Å². The van der Waals surface area contributed by atoms with Crippen molar-refractivity contribution in [2.75, 3.05) is 11.9 Å². The van der Waals surface area contributed by atoms with Gasteiger partial charge in [0.25, 0.3) is 0 Å². The zero-order valence-electron chi connectivity index (χ0n) is 10.8. The van der Waals surface area contributed by atoms with Crippen LogP contribution in [-0.2, 0) is 6.42 Å². The molecule has 0 saturated heterocycles. The van der Waals surface area contributed by atoms with Gasteiger partial charge in [0.1, 0.15) is 11.9 Å². The van der Waals surface area contributed by atoms with Gasteiger partial charge in [0.2, 0.25) is 0 Å². The molecule has 0 radical (unpaired) electrons. The fourth-order valence-corrected chi connectivity index (χ4v) is 2.74. The maximum atomic E-state index is 8.88. The highest BCUT2D eigenvalue weighted by atomic mass is 79.9. The van der Waals surface area contributed by atoms with E-state index in [4.69, 9.17) is 10.00 Å². The van der Waals surface area contributed by atoms with Crippen LogP contribution in [0.15, 0.2) is 46.9 Å². The minimum absolute atomic E-state index is 0.130. The van der Waals surface area contributed by atoms with Crippen LogP contribution in [0.4, 0.5) is 5.69 Å². The van der Waals surface area contributed by atoms with Crippen LogP contribution in [0, 0.1) is 11.3 Å². The molecule has 20 heavy (non-hydrogen) atoms. The predicted octanol–water partition coefficient (Wildman–Crippen LogP) is 3.74. The van der Waals surface area contributed by atoms with Gasteiger partial charge in [0, 0.05) is 16.6 Å². The van der Waals surface area contributed by atoms with E-state index in [1.807, 2.05) is 30.3 Å². The van der Waals surface area contributed by atoms with Gasteiger partial charge in [-0.15, -0.1) is 0 Å². The fourth-order valence-electron chi connectivity index (χ4n) is 2.33. The Morgan fingerprint density at radius 2 is 2.20 bits per heavy atom. The van der Waals surface area contributed by atoms with E-state index in [1.165, 1.54) is 5.56 Å². The van der Waals surface area contributed by atoms with Crippen molar-refractivity contribution in [1.29, 1.82) is 5.26 Å². The monoisotopic (exact) mass is 328 g/mol. The maximum Gasteiger partial charge on any atom is 0.123 e. The molecule has 100 valence electrons. The second kappa shape index (κ2) is 5.56. The highest BCUT2D eigenvalue weighted by molar-refractivity contribution is 9.10. The van der Waals surface area contributed by atoms with Crippen molar-refractivity contribution in [3.8, 4) is 11.8 Å². The second-order valence-electron chi connectivity index (χ2n) is 4.77. The molecule has 1 aliphatic rings. The van der Waals surface area contributed by atoms with Crippen LogP contribution in [0.1, 0.15) is 11.1 Å². The number of rotatable bonds is 3. The smallest absolute Gasteiger partial charge is 0.123 e. The summed E-state index contributed by atoms with van der Waals surface area (Å²) in [7, 11) is 0. The zero-order chi connectivity index (χ0) is 13.9. The molecule has 0 saturated carbocycles. The molecule has 2 aromatic carbocycles. The number of nitriles is 1. The molecule has 1 aliphatic heterocycles. The summed E-state index contributed by atoms with van der Waals surface area (Å²) in [4.78, 5) is 0. The van der Waals surface area contributed by atoms with E-state index in [0.717, 1.165) is 28.9 Å². The lowest BCUT2D eigenvalue weighted by Gasteiger charge is -2.13. The maximum absolute atomic E-state index is 8.88. The zero-order valence-corrected chi connectivity index (χ0v) is 12.4. The number of hydrogen-bond acceptors (Lipinski definition) is 3. The molecule has 3 rings (SSSR count). The largest absolute Gasteiger partial charge is 0.488 e. The lowest BCUT2D eigenvalue weighted by atomic mass is 10.1. The molecule has 1 N–H and O–H groups in total. The number of ether oxygens (including phenoxy) is 1. The van der Waals surface area contributed by atoms with E-state index in [1.54, 1.807) is 6.07 Å². The topological polar surface area (TPSA) is 45.0 Å². The molecule has 0 aliphatic carbocycles. The van der Waals surface area contributed by atoms with Crippen LogP contribution in [0.3, 0.4) is 0 Å². The third kappa shape index (κ3) is 2.78. The standard InChI is InChI=1S/C16H13BrN2O/c17-13-4-5-16-12(7-13)8-15(20-16)10-19-14-3-1-2-11(6-14)9-18/h1-7,15,19H,8,10H2. The van der Waals surface area contributed by atoms with Crippen molar-refractivity contribution in [2.24, 2.45) is 0 Å². The van der Waals surface area contributed by atoms with Gasteiger partial charge in [-0.05, 0) is 42.0 Å². The molecule has 1 atom stereocenters. The van der Waals surface area contributed by atoms with Gasteiger partial charge in [0.15, 0.2) is 0 Å². The van der Waals surface area contributed by atoms with E-state index in [-0.39, 0.29) is 6.10 Å². The van der Waals surface area contributed by atoms with Crippen LogP contribution >= 0.6 is 15.9 Å². The van der Waals surface area contributed by atoms with Crippen molar-refractivity contribution in [2.45, 2.75) is 12.5 Å². The van der Waals surface area contributed by atoms with Gasteiger partial charge in [-0.3, -0.25) is 0 Å². The first-order valence-corrected chi connectivity index (χ1v) is 7.23. The minimum Gasteiger partial charge on any atom is -0.488 e. The Hall–Kier alpha value is -1.99. The average molecular weight is 329 g/mol. The van der Waals surface area contributed by atoms with Crippen molar-refractivity contribution in [3.63, 3.8) is 0 Å². The Morgan fingerprint density at radius 3 is 3.05 bits per heavy atom. The number of nitrogens with one attached hydrogen (secondary N) is 1. The molecule has 1 unspecified atom stereocenters. The van der Waals surface area contributed by atoms with Crippen LogP contribution in [0.2, 0.25) is 0 Å². The molecule has 2 aromatic rings. The molecular formula is C16H13BrN2O. The average Bonchev–Trinajstić information content (AvgIpc) is 2.87. The third-order valence-electron chi connectivity index (χ3n) is 3.29. The Bertz CT molecular complexity index is 678. The van der Waals surface area contributed by atoms with Gasteiger partial charge < -0.3 is 10.1 Å². The quantitative estimate of drug-likeness (QED) is 0.933. The first-order valence-electron chi connectivity index (χ1n) is 6.44. The molecule has 0 fully saturated rings. The van der Waals surface area contributed by atoms with E-state index in [2.05, 4.69) is 33.4 Å². The summed E-state index contributed by atoms with van der Waals surface area (Å²) in [5, 5.41) is 12.2. The van der Waals surface area contributed by atoms with E-state index in [0.29, 0.717) is 5.56 Å². The minimum atomic E-state index is 0.130. The van der Waals surface area contributed by atoms with Gasteiger partial charge in [0.05, 0.1) is 18.2 Å². The third-order valence-corrected chi connectivity index (χ3v) is 3.78. The molecule has 4 heteroatoms. The molecule has 0 bridgehead atoms. The highest BCUT2D eigenvalue weighted by Gasteiger charge is 2.22. The first kappa shape index (κ1) is 13.0. The first-order chi connectivity index (χ1) is 9.74. The van der Waals surface area contributed by atoms with Crippen LogP contribution in [0.25, 0.3) is 0 Å². The van der Waals surface area contributed by atoms with Gasteiger partial charge in [-0.25, -0.2) is 0 Å². The molecule has 0 spiro atoms. The molecule has 0 amide bonds. The summed E-state index contributed by atoms with van der Waals surface area (Å²) in [6.07, 6.45) is 1.03. The van der Waals surface area contributed by atoms with Crippen molar-refractivity contribution < 1.29 is 4.74 Å². The Morgan fingerprint density at radius 1 is 1.30 bits per heavy atom. The summed E-state index contributed by atoms with van der Waals surface area (Å²) in [6.45, 7) is 0.723. The van der Waals surface area contributed by atoms with E-state index < -0.39 is 0 Å². The van der Waals surface area contributed by atoms with Gasteiger partial charge >= 0.3 is 0 Å². The summed E-state index contributed by atoms with van der Waals surface area (Å²) in [5.74, 6) is 0.964. The van der Waals surface area contributed by atoms with Crippen molar-refractivity contribution in [1.82, 2.24) is 0 Å². The number of halogens is 1. The Balaban J connectivity index is 1.62. The molecular weight excluding hydrogens is 316 g/mol. The van der Waals surface area contributed by atoms with Crippen LogP contribution < -0.4 is 10.1 Å². The number of benzene rings is 2. The molecule has 0 aromatic heterocycles. The highest BCUT2D eigenvalue weighted by Crippen LogP contribution is 2.31. The normalized spacial score (nSPS) is 16.1. The Kier molecular flexibility index (Phi) is 3.62. The van der Waals surface area contributed by atoms with E-state index in [9.17, 15) is 0 Å². The summed E-state index contributed by atoms with van der Waals surface area (Å²) in [6, 6.07) is 15.7. The SMILES string of the molecule is N#Cc1cccc(NCC2Cc3cc(Br)ccc3O2)c1. The lowest BCUT2D eigenvalue weighted by Crippen LogP contribution is -2.23. The fraction of sp³-hybridized carbons (Fsp3) is 0.188. The number of nitrogens with zero attached hydrogens (tertiary/aromatic N) is 1.